The fraction of sp³-hybridized carbons (Fsp3) is 0.548. The van der Waals surface area contributed by atoms with Crippen LogP contribution in [0.2, 0.25) is 5.02 Å². The molecule has 9 heteroatoms. The molecule has 0 spiro atoms. The SMILES string of the molecule is CN(C)[C@H]1CCN(C(=O)C2CCc3c(C4=CCC(C(=O)O)CC4)nn(C(=O)c4c(Cl)cccc4C4CC4)c3C2)C1. The predicted molar refractivity (Wildman–Crippen MR) is 153 cm³/mol. The van der Waals surface area contributed by atoms with Gasteiger partial charge in [-0.2, -0.15) is 9.78 Å². The predicted octanol–water partition coefficient (Wildman–Crippen LogP) is 4.64. The molecule has 3 aliphatic carbocycles. The van der Waals surface area contributed by atoms with Crippen molar-refractivity contribution in [1.82, 2.24) is 19.6 Å². The fourth-order valence-electron chi connectivity index (χ4n) is 6.75. The van der Waals surface area contributed by atoms with Crippen LogP contribution < -0.4 is 0 Å². The summed E-state index contributed by atoms with van der Waals surface area (Å²) in [6.45, 7) is 1.50. The lowest BCUT2D eigenvalue weighted by atomic mass is 9.82. The highest BCUT2D eigenvalue weighted by molar-refractivity contribution is 6.34. The molecule has 1 saturated heterocycles. The second-order valence-corrected chi connectivity index (χ2v) is 12.5. The molecule has 1 aromatic carbocycles. The number of likely N-dealkylation sites (N-methyl/N-ethyl adjacent to an activating group) is 1. The van der Waals surface area contributed by atoms with Crippen LogP contribution in [0.25, 0.3) is 5.57 Å². The van der Waals surface area contributed by atoms with Gasteiger partial charge in [0.05, 0.1) is 27.9 Å². The molecule has 8 nitrogen and oxygen atoms in total. The molecule has 2 unspecified atom stereocenters. The molecule has 1 amide bonds. The standard InChI is InChI=1S/C31H37ClN4O4/c1-34(2)22-14-15-35(17-22)29(37)21-12-13-24-26(16-21)36(33-28(24)19-8-10-20(11-9-19)31(39)40)30(38)27-23(18-6-7-18)4-3-5-25(27)32/h3-5,8,18,20-22H,6-7,9-17H2,1-2H3,(H,39,40)/t20?,21?,22-/m0/s1. The molecule has 1 saturated carbocycles. The van der Waals surface area contributed by atoms with E-state index in [1.54, 1.807) is 6.07 Å². The number of carbonyl (C=O) groups is 3. The number of benzene rings is 1. The zero-order valence-corrected chi connectivity index (χ0v) is 24.0. The molecule has 212 valence electrons. The molecular weight excluding hydrogens is 528 g/mol. The Morgan fingerprint density at radius 2 is 1.82 bits per heavy atom. The van der Waals surface area contributed by atoms with E-state index < -0.39 is 5.97 Å². The maximum absolute atomic E-state index is 14.2. The smallest absolute Gasteiger partial charge is 0.306 e. The maximum atomic E-state index is 14.2. The average Bonchev–Trinajstić information content (AvgIpc) is 3.54. The summed E-state index contributed by atoms with van der Waals surface area (Å²) >= 11 is 6.64. The molecule has 0 radical (unpaired) electrons. The highest BCUT2D eigenvalue weighted by Gasteiger charge is 2.38. The number of aromatic nitrogens is 2. The summed E-state index contributed by atoms with van der Waals surface area (Å²) < 4.78 is 1.52. The Labute approximate surface area is 240 Å². The highest BCUT2D eigenvalue weighted by atomic mass is 35.5. The van der Waals surface area contributed by atoms with Gasteiger partial charge in [0.15, 0.2) is 0 Å². The first-order valence-corrected chi connectivity index (χ1v) is 14.9. The van der Waals surface area contributed by atoms with Crippen molar-refractivity contribution < 1.29 is 19.5 Å². The number of halogens is 1. The van der Waals surface area contributed by atoms with E-state index in [4.69, 9.17) is 16.7 Å². The molecule has 0 bridgehead atoms. The summed E-state index contributed by atoms with van der Waals surface area (Å²) in [6, 6.07) is 6.02. The molecule has 1 aliphatic heterocycles. The van der Waals surface area contributed by atoms with E-state index in [1.165, 1.54) is 4.68 Å². The highest BCUT2D eigenvalue weighted by Crippen LogP contribution is 2.44. The van der Waals surface area contributed by atoms with Crippen molar-refractivity contribution in [3.63, 3.8) is 0 Å². The van der Waals surface area contributed by atoms with Gasteiger partial charge in [0.2, 0.25) is 5.91 Å². The van der Waals surface area contributed by atoms with Crippen molar-refractivity contribution in [2.45, 2.75) is 69.7 Å². The number of rotatable bonds is 6. The van der Waals surface area contributed by atoms with E-state index in [0.29, 0.717) is 61.1 Å². The number of fused-ring (bicyclic) bond motifs is 1. The van der Waals surface area contributed by atoms with Gasteiger partial charge in [-0.25, -0.2) is 0 Å². The van der Waals surface area contributed by atoms with Gasteiger partial charge < -0.3 is 14.9 Å². The number of carboxylic acid groups (broad SMARTS) is 1. The summed E-state index contributed by atoms with van der Waals surface area (Å²) in [5.74, 6) is -1.10. The lowest BCUT2D eigenvalue weighted by molar-refractivity contribution is -0.142. The van der Waals surface area contributed by atoms with Crippen LogP contribution in [0.1, 0.15) is 83.7 Å². The number of carboxylic acids is 1. The molecule has 6 rings (SSSR count). The second kappa shape index (κ2) is 10.8. The number of amides is 1. The number of hydrogen-bond donors (Lipinski definition) is 1. The summed E-state index contributed by atoms with van der Waals surface area (Å²) in [5, 5.41) is 14.8. The summed E-state index contributed by atoms with van der Waals surface area (Å²) in [5.41, 5.74) is 5.08. The molecule has 2 heterocycles. The third-order valence-corrected chi connectivity index (χ3v) is 9.68. The Hall–Kier alpha value is -2.97. The van der Waals surface area contributed by atoms with Crippen molar-refractivity contribution in [2.24, 2.45) is 11.8 Å². The quantitative estimate of drug-likeness (QED) is 0.549. The van der Waals surface area contributed by atoms with Gasteiger partial charge in [-0.15, -0.1) is 0 Å². The zero-order chi connectivity index (χ0) is 28.1. The van der Waals surface area contributed by atoms with E-state index in [1.807, 2.05) is 23.1 Å². The van der Waals surface area contributed by atoms with E-state index >= 15 is 0 Å². The summed E-state index contributed by atoms with van der Waals surface area (Å²) in [4.78, 5) is 43.5. The van der Waals surface area contributed by atoms with Crippen LogP contribution >= 0.6 is 11.6 Å². The fourth-order valence-corrected chi connectivity index (χ4v) is 7.01. The molecule has 40 heavy (non-hydrogen) atoms. The van der Waals surface area contributed by atoms with Crippen LogP contribution in [0.4, 0.5) is 0 Å². The van der Waals surface area contributed by atoms with Gasteiger partial charge in [-0.1, -0.05) is 29.8 Å². The molecule has 1 N–H and O–H groups in total. The third-order valence-electron chi connectivity index (χ3n) is 9.36. The van der Waals surface area contributed by atoms with E-state index in [-0.39, 0.29) is 23.7 Å². The molecular formula is C31H37ClN4O4. The number of likely N-dealkylation sites (tertiary alicyclic amines) is 1. The number of nitrogens with zero attached hydrogens (tertiary/aromatic N) is 4. The second-order valence-electron chi connectivity index (χ2n) is 12.1. The van der Waals surface area contributed by atoms with Gasteiger partial charge in [0.25, 0.3) is 5.91 Å². The van der Waals surface area contributed by atoms with Gasteiger partial charge in [-0.05, 0) is 88.6 Å². The first-order chi connectivity index (χ1) is 19.2. The average molecular weight is 565 g/mol. The number of allylic oxidation sites excluding steroid dienone is 2. The van der Waals surface area contributed by atoms with Crippen LogP contribution in [0.5, 0.6) is 0 Å². The zero-order valence-electron chi connectivity index (χ0n) is 23.2. The molecule has 2 aromatic rings. The lowest BCUT2D eigenvalue weighted by Crippen LogP contribution is -2.39. The Kier molecular flexibility index (Phi) is 7.34. The van der Waals surface area contributed by atoms with Crippen LogP contribution in [0.3, 0.4) is 0 Å². The number of carbonyl (C=O) groups excluding carboxylic acids is 2. The van der Waals surface area contributed by atoms with Gasteiger partial charge >= 0.3 is 5.97 Å². The first kappa shape index (κ1) is 27.2. The molecule has 1 aromatic heterocycles. The minimum Gasteiger partial charge on any atom is -0.481 e. The lowest BCUT2D eigenvalue weighted by Gasteiger charge is -2.28. The number of aliphatic carboxylic acids is 1. The summed E-state index contributed by atoms with van der Waals surface area (Å²) in [6.07, 6.45) is 8.49. The number of hydrogen-bond acceptors (Lipinski definition) is 5. The van der Waals surface area contributed by atoms with Gasteiger partial charge in [-0.3, -0.25) is 14.4 Å². The Morgan fingerprint density at radius 3 is 2.48 bits per heavy atom. The van der Waals surface area contributed by atoms with Crippen molar-refractivity contribution in [2.75, 3.05) is 27.2 Å². The van der Waals surface area contributed by atoms with E-state index in [2.05, 4.69) is 19.0 Å². The maximum Gasteiger partial charge on any atom is 0.306 e. The van der Waals surface area contributed by atoms with E-state index in [0.717, 1.165) is 60.4 Å². The molecule has 2 fully saturated rings. The van der Waals surface area contributed by atoms with Crippen molar-refractivity contribution >= 4 is 35.0 Å². The van der Waals surface area contributed by atoms with Gasteiger partial charge in [0, 0.05) is 37.0 Å². The van der Waals surface area contributed by atoms with Crippen molar-refractivity contribution in [1.29, 1.82) is 0 Å². The van der Waals surface area contributed by atoms with Crippen LogP contribution in [0, 0.1) is 11.8 Å². The minimum absolute atomic E-state index is 0.161. The minimum atomic E-state index is -0.774. The van der Waals surface area contributed by atoms with Crippen LogP contribution in [-0.4, -0.2) is 75.7 Å². The largest absolute Gasteiger partial charge is 0.481 e. The topological polar surface area (TPSA) is 95.7 Å². The first-order valence-electron chi connectivity index (χ1n) is 14.5. The van der Waals surface area contributed by atoms with Crippen molar-refractivity contribution in [3.8, 4) is 0 Å². The third kappa shape index (κ3) is 5.00. The van der Waals surface area contributed by atoms with Gasteiger partial charge in [0.1, 0.15) is 0 Å². The Balaban J connectivity index is 1.36. The Bertz CT molecular complexity index is 1390. The molecule has 4 aliphatic rings. The van der Waals surface area contributed by atoms with Crippen molar-refractivity contribution in [3.05, 3.63) is 57.4 Å². The van der Waals surface area contributed by atoms with Crippen LogP contribution in [0.15, 0.2) is 24.3 Å². The summed E-state index contributed by atoms with van der Waals surface area (Å²) in [7, 11) is 4.11. The Morgan fingerprint density at radius 1 is 1.05 bits per heavy atom. The monoisotopic (exact) mass is 564 g/mol. The molecule has 3 atom stereocenters. The normalized spacial score (nSPS) is 24.6. The van der Waals surface area contributed by atoms with E-state index in [9.17, 15) is 19.5 Å². The van der Waals surface area contributed by atoms with Crippen LogP contribution in [-0.2, 0) is 22.4 Å².